The molecule has 1 amide bonds. The number of fused-ring (bicyclic) bond motifs is 1. The van der Waals surface area contributed by atoms with Crippen molar-refractivity contribution in [1.29, 1.82) is 0 Å². The Labute approximate surface area is 159 Å². The smallest absolute Gasteiger partial charge is 0.260 e. The number of carbonyl (C=O) groups is 1. The fourth-order valence-electron chi connectivity index (χ4n) is 4.03. The van der Waals surface area contributed by atoms with Crippen molar-refractivity contribution in [3.8, 4) is 5.75 Å². The number of nitrogens with zero attached hydrogens (tertiary/aromatic N) is 2. The highest BCUT2D eigenvalue weighted by molar-refractivity contribution is 6.30. The molecule has 0 aliphatic carbocycles. The fourth-order valence-corrected chi connectivity index (χ4v) is 4.16. The van der Waals surface area contributed by atoms with Crippen LogP contribution in [-0.4, -0.2) is 48.5 Å². The average Bonchev–Trinajstić information content (AvgIpc) is 3.20. The predicted molar refractivity (Wildman–Crippen MR) is 102 cm³/mol. The van der Waals surface area contributed by atoms with E-state index in [1.165, 1.54) is 5.56 Å². The normalized spacial score (nSPS) is 22.4. The molecule has 0 radical (unpaired) electrons. The SMILES string of the molecule is O=C(COc1ccc(Cl)cc1)N1C[C@H]2CN(Cc3ccccc3)C[C@H]2C1. The Balaban J connectivity index is 1.25. The molecule has 2 aliphatic rings. The number of hydrogen-bond acceptors (Lipinski definition) is 3. The molecule has 2 aromatic carbocycles. The molecule has 2 atom stereocenters. The Morgan fingerprint density at radius 1 is 0.962 bits per heavy atom. The van der Waals surface area contributed by atoms with Crippen LogP contribution in [0.5, 0.6) is 5.75 Å². The van der Waals surface area contributed by atoms with Gasteiger partial charge in [0, 0.05) is 37.7 Å². The highest BCUT2D eigenvalue weighted by Crippen LogP contribution is 2.32. The first kappa shape index (κ1) is 17.4. The second kappa shape index (κ2) is 7.68. The van der Waals surface area contributed by atoms with Crippen LogP contribution < -0.4 is 4.74 Å². The zero-order valence-electron chi connectivity index (χ0n) is 14.7. The number of amides is 1. The molecule has 2 fully saturated rings. The minimum atomic E-state index is 0.0731. The summed E-state index contributed by atoms with van der Waals surface area (Å²) < 4.78 is 5.60. The van der Waals surface area contributed by atoms with Gasteiger partial charge in [-0.1, -0.05) is 41.9 Å². The lowest BCUT2D eigenvalue weighted by atomic mass is 10.0. The van der Waals surface area contributed by atoms with E-state index in [4.69, 9.17) is 16.3 Å². The van der Waals surface area contributed by atoms with Crippen LogP contribution in [0.4, 0.5) is 0 Å². The monoisotopic (exact) mass is 370 g/mol. The largest absolute Gasteiger partial charge is 0.484 e. The lowest BCUT2D eigenvalue weighted by Gasteiger charge is -2.21. The zero-order valence-corrected chi connectivity index (χ0v) is 15.4. The van der Waals surface area contributed by atoms with Crippen molar-refractivity contribution in [3.63, 3.8) is 0 Å². The Hall–Kier alpha value is -2.04. The summed E-state index contributed by atoms with van der Waals surface area (Å²) in [7, 11) is 0. The first-order valence-corrected chi connectivity index (χ1v) is 9.47. The average molecular weight is 371 g/mol. The van der Waals surface area contributed by atoms with E-state index < -0.39 is 0 Å². The number of halogens is 1. The summed E-state index contributed by atoms with van der Waals surface area (Å²) in [4.78, 5) is 16.9. The van der Waals surface area contributed by atoms with Gasteiger partial charge in [-0.3, -0.25) is 9.69 Å². The van der Waals surface area contributed by atoms with E-state index in [1.54, 1.807) is 24.3 Å². The maximum absolute atomic E-state index is 12.5. The molecule has 5 heteroatoms. The van der Waals surface area contributed by atoms with E-state index in [9.17, 15) is 4.79 Å². The van der Waals surface area contributed by atoms with Gasteiger partial charge in [0.15, 0.2) is 6.61 Å². The summed E-state index contributed by atoms with van der Waals surface area (Å²) in [6.45, 7) is 4.93. The van der Waals surface area contributed by atoms with Crippen LogP contribution in [0.15, 0.2) is 54.6 Å². The second-order valence-corrected chi connectivity index (χ2v) is 7.68. The van der Waals surface area contributed by atoms with Crippen molar-refractivity contribution >= 4 is 17.5 Å². The summed E-state index contributed by atoms with van der Waals surface area (Å²) in [5, 5.41) is 0.663. The number of hydrogen-bond donors (Lipinski definition) is 0. The number of ether oxygens (including phenoxy) is 1. The predicted octanol–water partition coefficient (Wildman–Crippen LogP) is 3.31. The minimum Gasteiger partial charge on any atom is -0.484 e. The molecule has 0 spiro atoms. The van der Waals surface area contributed by atoms with E-state index in [2.05, 4.69) is 35.2 Å². The Morgan fingerprint density at radius 2 is 1.62 bits per heavy atom. The number of benzene rings is 2. The molecule has 136 valence electrons. The number of carbonyl (C=O) groups excluding carboxylic acids is 1. The van der Waals surface area contributed by atoms with Gasteiger partial charge in [0.2, 0.25) is 0 Å². The lowest BCUT2D eigenvalue weighted by Crippen LogP contribution is -2.36. The lowest BCUT2D eigenvalue weighted by molar-refractivity contribution is -0.132. The molecule has 0 unspecified atom stereocenters. The van der Waals surface area contributed by atoms with Crippen molar-refractivity contribution in [2.24, 2.45) is 11.8 Å². The summed E-state index contributed by atoms with van der Waals surface area (Å²) in [5.74, 6) is 1.91. The molecule has 0 aromatic heterocycles. The maximum atomic E-state index is 12.5. The number of likely N-dealkylation sites (tertiary alicyclic amines) is 2. The molecule has 0 N–H and O–H groups in total. The summed E-state index contributed by atoms with van der Waals surface area (Å²) in [5.41, 5.74) is 1.36. The van der Waals surface area contributed by atoms with Crippen LogP contribution in [0.25, 0.3) is 0 Å². The van der Waals surface area contributed by atoms with E-state index in [0.29, 0.717) is 22.6 Å². The molecule has 0 saturated carbocycles. The van der Waals surface area contributed by atoms with Crippen LogP contribution in [-0.2, 0) is 11.3 Å². The van der Waals surface area contributed by atoms with Gasteiger partial charge in [-0.25, -0.2) is 0 Å². The van der Waals surface area contributed by atoms with Gasteiger partial charge in [-0.15, -0.1) is 0 Å². The molecule has 2 saturated heterocycles. The Bertz CT molecular complexity index is 736. The van der Waals surface area contributed by atoms with Crippen molar-refractivity contribution < 1.29 is 9.53 Å². The van der Waals surface area contributed by atoms with Crippen molar-refractivity contribution in [3.05, 3.63) is 65.2 Å². The number of rotatable bonds is 5. The highest BCUT2D eigenvalue weighted by Gasteiger charge is 2.41. The standard InChI is InChI=1S/C21H23ClN2O2/c22-19-6-8-20(9-7-19)26-15-21(25)24-13-17-11-23(12-18(17)14-24)10-16-4-2-1-3-5-16/h1-9,17-18H,10-15H2/t17-,18+. The zero-order chi connectivity index (χ0) is 17.9. The second-order valence-electron chi connectivity index (χ2n) is 7.24. The van der Waals surface area contributed by atoms with Gasteiger partial charge in [-0.05, 0) is 41.7 Å². The Morgan fingerprint density at radius 3 is 2.27 bits per heavy atom. The maximum Gasteiger partial charge on any atom is 0.260 e. The summed E-state index contributed by atoms with van der Waals surface area (Å²) in [6, 6.07) is 17.7. The van der Waals surface area contributed by atoms with Crippen molar-refractivity contribution in [1.82, 2.24) is 9.80 Å². The van der Waals surface area contributed by atoms with Crippen molar-refractivity contribution in [2.45, 2.75) is 6.54 Å². The molecule has 4 nitrogen and oxygen atoms in total. The van der Waals surface area contributed by atoms with E-state index in [-0.39, 0.29) is 12.5 Å². The third-order valence-electron chi connectivity index (χ3n) is 5.34. The van der Waals surface area contributed by atoms with Gasteiger partial charge in [0.25, 0.3) is 5.91 Å². The third-order valence-corrected chi connectivity index (χ3v) is 5.59. The van der Waals surface area contributed by atoms with E-state index >= 15 is 0 Å². The topological polar surface area (TPSA) is 32.8 Å². The highest BCUT2D eigenvalue weighted by atomic mass is 35.5. The first-order valence-electron chi connectivity index (χ1n) is 9.10. The van der Waals surface area contributed by atoms with Gasteiger partial charge >= 0.3 is 0 Å². The van der Waals surface area contributed by atoms with Crippen LogP contribution in [0.3, 0.4) is 0 Å². The van der Waals surface area contributed by atoms with Gasteiger partial charge in [0.05, 0.1) is 0 Å². The Kier molecular flexibility index (Phi) is 5.14. The van der Waals surface area contributed by atoms with Gasteiger partial charge in [-0.2, -0.15) is 0 Å². The molecule has 0 bridgehead atoms. The molecule has 4 rings (SSSR count). The first-order chi connectivity index (χ1) is 12.7. The molecule has 2 heterocycles. The van der Waals surface area contributed by atoms with Crippen LogP contribution in [0, 0.1) is 11.8 Å². The molecule has 2 aliphatic heterocycles. The minimum absolute atomic E-state index is 0.0731. The molecule has 26 heavy (non-hydrogen) atoms. The van der Waals surface area contributed by atoms with Gasteiger partial charge in [0.1, 0.15) is 5.75 Å². The van der Waals surface area contributed by atoms with E-state index in [1.807, 2.05) is 4.90 Å². The summed E-state index contributed by atoms with van der Waals surface area (Å²) >= 11 is 5.86. The third kappa shape index (κ3) is 4.02. The molecular formula is C21H23ClN2O2. The van der Waals surface area contributed by atoms with Crippen molar-refractivity contribution in [2.75, 3.05) is 32.8 Å². The quantitative estimate of drug-likeness (QED) is 0.809. The van der Waals surface area contributed by atoms with Crippen LogP contribution in [0.1, 0.15) is 5.56 Å². The molecule has 2 aromatic rings. The summed E-state index contributed by atoms with van der Waals surface area (Å²) in [6.07, 6.45) is 0. The fraction of sp³-hybridized carbons (Fsp3) is 0.381. The molecular weight excluding hydrogens is 348 g/mol. The van der Waals surface area contributed by atoms with E-state index in [0.717, 1.165) is 32.7 Å². The van der Waals surface area contributed by atoms with Crippen LogP contribution in [0.2, 0.25) is 5.02 Å². The van der Waals surface area contributed by atoms with Gasteiger partial charge < -0.3 is 9.64 Å². The van der Waals surface area contributed by atoms with Crippen LogP contribution >= 0.6 is 11.6 Å².